The molecule has 1 fully saturated rings. The second-order valence-electron chi connectivity index (χ2n) is 9.53. The van der Waals surface area contributed by atoms with E-state index >= 15 is 0 Å². The van der Waals surface area contributed by atoms with Gasteiger partial charge in [0, 0.05) is 38.2 Å². The minimum Gasteiger partial charge on any atom is -0.333 e. The summed E-state index contributed by atoms with van der Waals surface area (Å²) < 4.78 is 38.8. The average Bonchev–Trinajstić information content (AvgIpc) is 3.12. The number of urea groups is 1. The number of halogens is 3. The highest BCUT2D eigenvalue weighted by atomic mass is 19.4. The van der Waals surface area contributed by atoms with Crippen LogP contribution in [-0.2, 0) is 25.6 Å². The van der Waals surface area contributed by atoms with Crippen LogP contribution in [0.1, 0.15) is 48.0 Å². The Balaban J connectivity index is 1.44. The number of carbonyl (C=O) groups is 1. The maximum Gasteiger partial charge on any atom is 0.416 e. The van der Waals surface area contributed by atoms with Gasteiger partial charge in [-0.2, -0.15) is 13.2 Å². The summed E-state index contributed by atoms with van der Waals surface area (Å²) in [6.45, 7) is 6.57. The molecule has 0 saturated carbocycles. The zero-order valence-electron chi connectivity index (χ0n) is 19.2. The number of hydrogen-bond donors (Lipinski definition) is 1. The van der Waals surface area contributed by atoms with Crippen molar-refractivity contribution in [2.75, 3.05) is 26.7 Å². The molecule has 0 aliphatic carbocycles. The highest BCUT2D eigenvalue weighted by Crippen LogP contribution is 2.32. The number of carbonyl (C=O) groups excluding carboxylic acids is 1. The molecule has 0 radical (unpaired) electrons. The van der Waals surface area contributed by atoms with Crippen molar-refractivity contribution in [1.82, 2.24) is 25.1 Å². The van der Waals surface area contributed by atoms with Crippen LogP contribution in [0.3, 0.4) is 0 Å². The minimum absolute atomic E-state index is 0.0710. The molecule has 178 valence electrons. The van der Waals surface area contributed by atoms with Crippen LogP contribution in [0, 0.1) is 5.92 Å². The summed E-state index contributed by atoms with van der Waals surface area (Å²) >= 11 is 0. The fraction of sp³-hybridized carbons (Fsp3) is 0.542. The highest BCUT2D eigenvalue weighted by molar-refractivity contribution is 5.75. The van der Waals surface area contributed by atoms with Crippen molar-refractivity contribution >= 4 is 6.03 Å². The number of alkyl halides is 3. The number of benzene rings is 1. The average molecular weight is 462 g/mol. The molecule has 1 aromatic carbocycles. The normalized spacial score (nSPS) is 21.4. The Labute approximate surface area is 192 Å². The molecule has 6 nitrogen and oxygen atoms in total. The molecule has 0 unspecified atom stereocenters. The molecule has 0 spiro atoms. The van der Waals surface area contributed by atoms with Gasteiger partial charge in [0.15, 0.2) is 0 Å². The van der Waals surface area contributed by atoms with E-state index in [2.05, 4.69) is 34.0 Å². The monoisotopic (exact) mass is 461 g/mol. The van der Waals surface area contributed by atoms with Gasteiger partial charge >= 0.3 is 12.2 Å². The third kappa shape index (κ3) is 5.46. The first-order valence-corrected chi connectivity index (χ1v) is 11.3. The number of likely N-dealkylation sites (N-methyl/N-ethyl adjacent to an activating group) is 1. The van der Waals surface area contributed by atoms with Crippen molar-refractivity contribution in [3.05, 3.63) is 58.7 Å². The summed E-state index contributed by atoms with van der Waals surface area (Å²) in [4.78, 5) is 26.1. The van der Waals surface area contributed by atoms with Gasteiger partial charge in [0.05, 0.1) is 23.8 Å². The maximum absolute atomic E-state index is 13.1. The molecule has 3 heterocycles. The second-order valence-corrected chi connectivity index (χ2v) is 9.53. The molecule has 2 amide bonds. The van der Waals surface area contributed by atoms with Crippen molar-refractivity contribution in [3.8, 4) is 0 Å². The fourth-order valence-corrected chi connectivity index (χ4v) is 4.63. The first-order chi connectivity index (χ1) is 15.6. The summed E-state index contributed by atoms with van der Waals surface area (Å²) in [5, 5.41) is 3.13. The van der Waals surface area contributed by atoms with Gasteiger partial charge in [0.2, 0.25) is 0 Å². The molecular formula is C24H30F3N5O. The molecular weight excluding hydrogens is 431 g/mol. The van der Waals surface area contributed by atoms with Gasteiger partial charge in [-0.05, 0) is 42.6 Å². The summed E-state index contributed by atoms with van der Waals surface area (Å²) in [7, 11) is 1.95. The highest BCUT2D eigenvalue weighted by Gasteiger charge is 2.36. The molecule has 33 heavy (non-hydrogen) atoms. The summed E-state index contributed by atoms with van der Waals surface area (Å²) in [6.07, 6.45) is -0.982. The quantitative estimate of drug-likeness (QED) is 0.751. The van der Waals surface area contributed by atoms with E-state index in [0.29, 0.717) is 38.5 Å². The third-order valence-electron chi connectivity index (χ3n) is 6.35. The number of likely N-dealkylation sites (tertiary alicyclic amines) is 1. The van der Waals surface area contributed by atoms with Crippen LogP contribution in [0.25, 0.3) is 0 Å². The molecule has 1 N–H and O–H groups in total. The van der Waals surface area contributed by atoms with E-state index in [9.17, 15) is 18.0 Å². The lowest BCUT2D eigenvalue weighted by molar-refractivity contribution is -0.137. The van der Waals surface area contributed by atoms with E-state index in [4.69, 9.17) is 0 Å². The van der Waals surface area contributed by atoms with Crippen molar-refractivity contribution in [2.24, 2.45) is 5.92 Å². The van der Waals surface area contributed by atoms with Crippen molar-refractivity contribution < 1.29 is 18.0 Å². The fourth-order valence-electron chi connectivity index (χ4n) is 4.63. The zero-order valence-corrected chi connectivity index (χ0v) is 19.2. The van der Waals surface area contributed by atoms with Gasteiger partial charge in [0.1, 0.15) is 5.82 Å². The molecule has 2 aliphatic heterocycles. The van der Waals surface area contributed by atoms with E-state index in [1.165, 1.54) is 12.1 Å². The third-order valence-corrected chi connectivity index (χ3v) is 6.35. The van der Waals surface area contributed by atoms with Crippen LogP contribution in [0.2, 0.25) is 0 Å². The van der Waals surface area contributed by atoms with Gasteiger partial charge in [-0.15, -0.1) is 0 Å². The number of fused-ring (bicyclic) bond motifs is 1. The minimum atomic E-state index is -4.36. The molecule has 9 heteroatoms. The lowest BCUT2D eigenvalue weighted by Gasteiger charge is -2.30. The number of rotatable bonds is 4. The van der Waals surface area contributed by atoms with E-state index in [1.54, 1.807) is 4.90 Å². The van der Waals surface area contributed by atoms with Crippen LogP contribution in [-0.4, -0.2) is 58.5 Å². The van der Waals surface area contributed by atoms with Gasteiger partial charge in [-0.3, -0.25) is 0 Å². The van der Waals surface area contributed by atoms with E-state index < -0.39 is 11.7 Å². The molecule has 2 aromatic rings. The number of amides is 2. The first-order valence-electron chi connectivity index (χ1n) is 11.3. The standard InChI is InChI=1S/C24H30F3N5O/c1-15(2)10-22-28-11-17-8-9-32(14-20(17)29-22)23(33)30-21-13-31(3)12-19(21)16-4-6-18(7-5-16)24(25,26)27/h4-7,11,15,19,21H,8-10,12-14H2,1-3H3,(H,30,33)/t19-,21+/m0/s1. The van der Waals surface area contributed by atoms with Crippen molar-refractivity contribution in [2.45, 2.75) is 51.4 Å². The van der Waals surface area contributed by atoms with Gasteiger partial charge in [-0.25, -0.2) is 14.8 Å². The Morgan fingerprint density at radius 3 is 2.61 bits per heavy atom. The van der Waals surface area contributed by atoms with E-state index in [-0.39, 0.29) is 18.0 Å². The summed E-state index contributed by atoms with van der Waals surface area (Å²) in [6, 6.07) is 4.93. The smallest absolute Gasteiger partial charge is 0.333 e. The molecule has 2 aliphatic rings. The number of hydrogen-bond acceptors (Lipinski definition) is 4. The Kier molecular flexibility index (Phi) is 6.61. The Hall–Kier alpha value is -2.68. The van der Waals surface area contributed by atoms with Crippen molar-refractivity contribution in [1.29, 1.82) is 0 Å². The lowest BCUT2D eigenvalue weighted by atomic mass is 9.93. The molecule has 2 atom stereocenters. The molecule has 0 bridgehead atoms. The Morgan fingerprint density at radius 1 is 1.21 bits per heavy atom. The summed E-state index contributed by atoms with van der Waals surface area (Å²) in [5.41, 5.74) is 2.11. The molecule has 4 rings (SSSR count). The Bertz CT molecular complexity index is 993. The van der Waals surface area contributed by atoms with Crippen LogP contribution in [0.5, 0.6) is 0 Å². The van der Waals surface area contributed by atoms with E-state index in [0.717, 1.165) is 41.2 Å². The molecule has 1 saturated heterocycles. The van der Waals surface area contributed by atoms with Gasteiger partial charge in [0.25, 0.3) is 0 Å². The second kappa shape index (κ2) is 9.29. The number of nitrogens with one attached hydrogen (secondary N) is 1. The Morgan fingerprint density at radius 2 is 1.94 bits per heavy atom. The largest absolute Gasteiger partial charge is 0.416 e. The first kappa shape index (κ1) is 23.5. The van der Waals surface area contributed by atoms with Crippen LogP contribution >= 0.6 is 0 Å². The summed E-state index contributed by atoms with van der Waals surface area (Å²) in [5.74, 6) is 1.18. The van der Waals surface area contributed by atoms with Gasteiger partial charge in [-0.1, -0.05) is 26.0 Å². The molecule has 1 aromatic heterocycles. The number of aromatic nitrogens is 2. The van der Waals surface area contributed by atoms with Crippen LogP contribution in [0.4, 0.5) is 18.0 Å². The topological polar surface area (TPSA) is 61.4 Å². The van der Waals surface area contributed by atoms with Crippen LogP contribution < -0.4 is 5.32 Å². The van der Waals surface area contributed by atoms with Crippen LogP contribution in [0.15, 0.2) is 30.5 Å². The predicted octanol–water partition coefficient (Wildman–Crippen LogP) is 3.86. The predicted molar refractivity (Wildman–Crippen MR) is 119 cm³/mol. The van der Waals surface area contributed by atoms with Crippen molar-refractivity contribution in [3.63, 3.8) is 0 Å². The maximum atomic E-state index is 13.1. The van der Waals surface area contributed by atoms with Gasteiger partial charge < -0.3 is 15.1 Å². The van der Waals surface area contributed by atoms with E-state index in [1.807, 2.05) is 13.2 Å². The SMILES string of the molecule is CC(C)Cc1ncc2c(n1)CN(C(=O)N[C@@H]1CN(C)C[C@H]1c1ccc(C(F)(F)F)cc1)CC2. The number of nitrogens with zero attached hydrogens (tertiary/aromatic N) is 4. The lowest BCUT2D eigenvalue weighted by Crippen LogP contribution is -2.49. The zero-order chi connectivity index (χ0) is 23.8.